The van der Waals surface area contributed by atoms with E-state index in [1.165, 1.54) is 23.8 Å². The average molecular weight is 502 g/mol. The van der Waals surface area contributed by atoms with Crippen molar-refractivity contribution in [2.45, 2.75) is 6.61 Å². The van der Waals surface area contributed by atoms with Gasteiger partial charge in [-0.1, -0.05) is 77.5 Å². The fourth-order valence-corrected chi connectivity index (χ4v) is 4.81. The van der Waals surface area contributed by atoms with Crippen LogP contribution in [0.4, 0.5) is 5.69 Å². The van der Waals surface area contributed by atoms with Crippen molar-refractivity contribution >= 4 is 69.2 Å². The number of hydrogen-bond acceptors (Lipinski definition) is 5. The van der Waals surface area contributed by atoms with E-state index in [9.17, 15) is 4.79 Å². The molecule has 0 radical (unpaired) electrons. The van der Waals surface area contributed by atoms with Crippen molar-refractivity contribution in [3.05, 3.63) is 92.8 Å². The minimum atomic E-state index is -0.194. The minimum absolute atomic E-state index is 0.194. The molecular formula is C24H17Cl2NO3S2. The molecule has 1 heterocycles. The zero-order chi connectivity index (χ0) is 22.7. The molecule has 162 valence electrons. The lowest BCUT2D eigenvalue weighted by Gasteiger charge is -2.15. The second-order valence-corrected chi connectivity index (χ2v) is 9.28. The Morgan fingerprint density at radius 2 is 1.78 bits per heavy atom. The number of thiocarbonyl (C=S) groups is 1. The summed E-state index contributed by atoms with van der Waals surface area (Å²) in [5, 5.41) is 1.08. The smallest absolute Gasteiger partial charge is 0.270 e. The summed E-state index contributed by atoms with van der Waals surface area (Å²) in [6, 6.07) is 20.2. The third kappa shape index (κ3) is 4.94. The van der Waals surface area contributed by atoms with Gasteiger partial charge in [0.25, 0.3) is 5.91 Å². The molecule has 0 unspecified atom stereocenters. The number of ether oxygens (including phenoxy) is 2. The third-order valence-electron chi connectivity index (χ3n) is 4.72. The number of benzene rings is 3. The molecule has 1 aliphatic heterocycles. The first-order chi connectivity index (χ1) is 15.5. The lowest BCUT2D eigenvalue weighted by Crippen LogP contribution is -2.27. The molecule has 1 fully saturated rings. The van der Waals surface area contributed by atoms with Gasteiger partial charge in [-0.3, -0.25) is 9.69 Å². The van der Waals surface area contributed by atoms with Crippen LogP contribution in [0.15, 0.2) is 71.6 Å². The molecule has 3 aromatic carbocycles. The number of carbonyl (C=O) groups is 1. The van der Waals surface area contributed by atoms with Gasteiger partial charge in [-0.25, -0.2) is 0 Å². The molecule has 0 bridgehead atoms. The summed E-state index contributed by atoms with van der Waals surface area (Å²) < 4.78 is 11.4. The Kier molecular flexibility index (Phi) is 7.06. The maximum atomic E-state index is 13.0. The van der Waals surface area contributed by atoms with Crippen LogP contribution in [0.1, 0.15) is 11.1 Å². The third-order valence-corrected chi connectivity index (χ3v) is 6.68. The molecule has 0 aliphatic carbocycles. The maximum absolute atomic E-state index is 13.0. The molecule has 8 heteroatoms. The van der Waals surface area contributed by atoms with E-state index in [-0.39, 0.29) is 5.91 Å². The molecule has 0 saturated carbocycles. The Labute approximate surface area is 205 Å². The SMILES string of the molecule is COc1ccc(N2C(=O)/C(=C\c3ccc(OCc4ccccc4Cl)cc3)SC2=S)cc1Cl. The van der Waals surface area contributed by atoms with E-state index < -0.39 is 0 Å². The van der Waals surface area contributed by atoms with Gasteiger partial charge in [0.2, 0.25) is 0 Å². The van der Waals surface area contributed by atoms with Crippen LogP contribution >= 0.6 is 47.2 Å². The molecule has 1 saturated heterocycles. The Bertz CT molecular complexity index is 1210. The second-order valence-electron chi connectivity index (χ2n) is 6.79. The summed E-state index contributed by atoms with van der Waals surface area (Å²) in [4.78, 5) is 15.0. The highest BCUT2D eigenvalue weighted by molar-refractivity contribution is 8.27. The van der Waals surface area contributed by atoms with Crippen molar-refractivity contribution in [2.24, 2.45) is 0 Å². The van der Waals surface area contributed by atoms with Gasteiger partial charge in [-0.05, 0) is 48.0 Å². The Morgan fingerprint density at radius 1 is 1.03 bits per heavy atom. The van der Waals surface area contributed by atoms with Crippen LogP contribution in [-0.2, 0) is 11.4 Å². The molecule has 0 spiro atoms. The summed E-state index contributed by atoms with van der Waals surface area (Å²) in [6.45, 7) is 0.377. The van der Waals surface area contributed by atoms with Crippen molar-refractivity contribution in [1.29, 1.82) is 0 Å². The van der Waals surface area contributed by atoms with E-state index in [0.717, 1.165) is 11.1 Å². The number of thioether (sulfide) groups is 1. The van der Waals surface area contributed by atoms with Crippen LogP contribution in [0.25, 0.3) is 6.08 Å². The van der Waals surface area contributed by atoms with Crippen molar-refractivity contribution in [1.82, 2.24) is 0 Å². The number of anilines is 1. The summed E-state index contributed by atoms with van der Waals surface area (Å²) in [5.74, 6) is 1.05. The van der Waals surface area contributed by atoms with E-state index in [1.54, 1.807) is 18.2 Å². The van der Waals surface area contributed by atoms with Crippen LogP contribution in [0, 0.1) is 0 Å². The highest BCUT2D eigenvalue weighted by Crippen LogP contribution is 2.38. The van der Waals surface area contributed by atoms with E-state index >= 15 is 0 Å². The van der Waals surface area contributed by atoms with Crippen molar-refractivity contribution < 1.29 is 14.3 Å². The Balaban J connectivity index is 1.47. The first-order valence-electron chi connectivity index (χ1n) is 9.54. The van der Waals surface area contributed by atoms with Crippen molar-refractivity contribution in [3.8, 4) is 11.5 Å². The zero-order valence-corrected chi connectivity index (χ0v) is 20.0. The fourth-order valence-electron chi connectivity index (χ4n) is 3.07. The van der Waals surface area contributed by atoms with Gasteiger partial charge < -0.3 is 9.47 Å². The molecule has 32 heavy (non-hydrogen) atoms. The number of amides is 1. The molecule has 3 aromatic rings. The lowest BCUT2D eigenvalue weighted by atomic mass is 10.2. The van der Waals surface area contributed by atoms with Crippen LogP contribution < -0.4 is 14.4 Å². The lowest BCUT2D eigenvalue weighted by molar-refractivity contribution is -0.113. The Morgan fingerprint density at radius 3 is 2.47 bits per heavy atom. The normalized spacial score (nSPS) is 14.8. The van der Waals surface area contributed by atoms with Crippen LogP contribution in [0.3, 0.4) is 0 Å². The molecular weight excluding hydrogens is 485 g/mol. The number of carbonyl (C=O) groups excluding carboxylic acids is 1. The maximum Gasteiger partial charge on any atom is 0.270 e. The summed E-state index contributed by atoms with van der Waals surface area (Å²) in [5.41, 5.74) is 2.38. The Hall–Kier alpha value is -2.51. The largest absolute Gasteiger partial charge is 0.495 e. The van der Waals surface area contributed by atoms with E-state index in [0.29, 0.717) is 43.1 Å². The zero-order valence-electron chi connectivity index (χ0n) is 16.9. The molecule has 0 atom stereocenters. The fraction of sp³-hybridized carbons (Fsp3) is 0.0833. The highest BCUT2D eigenvalue weighted by Gasteiger charge is 2.33. The van der Waals surface area contributed by atoms with Gasteiger partial charge in [0, 0.05) is 10.6 Å². The highest BCUT2D eigenvalue weighted by atomic mass is 35.5. The monoisotopic (exact) mass is 501 g/mol. The molecule has 4 nitrogen and oxygen atoms in total. The predicted molar refractivity (Wildman–Crippen MR) is 136 cm³/mol. The number of nitrogens with zero attached hydrogens (tertiary/aromatic N) is 1. The first-order valence-corrected chi connectivity index (χ1v) is 11.5. The predicted octanol–water partition coefficient (Wildman–Crippen LogP) is 6.99. The van der Waals surface area contributed by atoms with E-state index in [4.69, 9.17) is 44.9 Å². The standard InChI is InChI=1S/C24H17Cl2NO3S2/c1-29-21-11-8-17(13-20(21)26)27-23(28)22(32-24(27)31)12-15-6-9-18(10-7-15)30-14-16-4-2-3-5-19(16)25/h2-13H,14H2,1H3/b22-12+. The molecule has 1 amide bonds. The molecule has 4 rings (SSSR count). The molecule has 0 N–H and O–H groups in total. The van der Waals surface area contributed by atoms with Gasteiger partial charge in [0.05, 0.1) is 22.7 Å². The summed E-state index contributed by atoms with van der Waals surface area (Å²) >= 11 is 19.1. The average Bonchev–Trinajstić information content (AvgIpc) is 3.07. The first kappa shape index (κ1) is 22.7. The van der Waals surface area contributed by atoms with Gasteiger partial charge in [0.15, 0.2) is 4.32 Å². The quantitative estimate of drug-likeness (QED) is 0.269. The summed E-state index contributed by atoms with van der Waals surface area (Å²) in [7, 11) is 1.54. The van der Waals surface area contributed by atoms with Crippen LogP contribution in [0.5, 0.6) is 11.5 Å². The number of hydrogen-bond donors (Lipinski definition) is 0. The van der Waals surface area contributed by atoms with Crippen LogP contribution in [0.2, 0.25) is 10.0 Å². The van der Waals surface area contributed by atoms with Crippen molar-refractivity contribution in [2.75, 3.05) is 12.0 Å². The number of halogens is 2. The van der Waals surface area contributed by atoms with E-state index in [2.05, 4.69) is 0 Å². The topological polar surface area (TPSA) is 38.8 Å². The van der Waals surface area contributed by atoms with Crippen molar-refractivity contribution in [3.63, 3.8) is 0 Å². The minimum Gasteiger partial charge on any atom is -0.495 e. The van der Waals surface area contributed by atoms with E-state index in [1.807, 2.05) is 54.6 Å². The summed E-state index contributed by atoms with van der Waals surface area (Å²) in [6.07, 6.45) is 1.81. The van der Waals surface area contributed by atoms with Gasteiger partial charge in [-0.15, -0.1) is 0 Å². The van der Waals surface area contributed by atoms with Crippen LogP contribution in [-0.4, -0.2) is 17.3 Å². The van der Waals surface area contributed by atoms with Gasteiger partial charge in [-0.2, -0.15) is 0 Å². The molecule has 1 aliphatic rings. The van der Waals surface area contributed by atoms with Gasteiger partial charge in [0.1, 0.15) is 18.1 Å². The molecule has 0 aromatic heterocycles. The van der Waals surface area contributed by atoms with Gasteiger partial charge >= 0.3 is 0 Å². The number of methoxy groups -OCH3 is 1. The second kappa shape index (κ2) is 9.96. The number of rotatable bonds is 6.